The molecule has 1 unspecified atom stereocenters. The number of rotatable bonds is 0. The third-order valence-corrected chi connectivity index (χ3v) is 3.24. The summed E-state index contributed by atoms with van der Waals surface area (Å²) < 4.78 is 11.6. The largest absolute Gasteiger partial charge is 0.493 e. The number of para-hydroxylation sites is 1. The molecule has 1 aromatic rings. The van der Waals surface area contributed by atoms with Gasteiger partial charge in [0.15, 0.2) is 0 Å². The molecule has 2 heterocycles. The zero-order valence-electron chi connectivity index (χ0n) is 8.16. The van der Waals surface area contributed by atoms with E-state index in [0.717, 1.165) is 31.8 Å². The van der Waals surface area contributed by atoms with Gasteiger partial charge in [0.25, 0.3) is 0 Å². The highest BCUT2D eigenvalue weighted by Gasteiger charge is 2.41. The lowest BCUT2D eigenvalue weighted by atomic mass is 9.86. The fourth-order valence-electron chi connectivity index (χ4n) is 2.54. The van der Waals surface area contributed by atoms with E-state index in [1.165, 1.54) is 12.0 Å². The summed E-state index contributed by atoms with van der Waals surface area (Å²) >= 11 is 0. The highest BCUT2D eigenvalue weighted by Crippen LogP contribution is 2.45. The average molecular weight is 190 g/mol. The summed E-state index contributed by atoms with van der Waals surface area (Å²) in [7, 11) is 0. The van der Waals surface area contributed by atoms with Gasteiger partial charge in [0.2, 0.25) is 0 Å². The van der Waals surface area contributed by atoms with Crippen LogP contribution < -0.4 is 4.74 Å². The molecule has 2 aliphatic heterocycles. The van der Waals surface area contributed by atoms with Crippen LogP contribution in [0.2, 0.25) is 0 Å². The van der Waals surface area contributed by atoms with Crippen molar-refractivity contribution in [3.05, 3.63) is 29.8 Å². The van der Waals surface area contributed by atoms with Crippen LogP contribution in [0.15, 0.2) is 24.3 Å². The maximum Gasteiger partial charge on any atom is 0.125 e. The molecule has 0 radical (unpaired) electrons. The highest BCUT2D eigenvalue weighted by molar-refractivity contribution is 5.40. The standard InChI is InChI=1S/C12H14O2/c1-2-5-11-10(4-1)12(7-9-13-11)6-3-8-14-12/h1-2,4-5H,3,6-9H2. The van der Waals surface area contributed by atoms with Crippen molar-refractivity contribution < 1.29 is 9.47 Å². The van der Waals surface area contributed by atoms with Crippen LogP contribution >= 0.6 is 0 Å². The fraction of sp³-hybridized carbons (Fsp3) is 0.500. The molecule has 2 aliphatic rings. The summed E-state index contributed by atoms with van der Waals surface area (Å²) in [6.07, 6.45) is 3.33. The normalized spacial score (nSPS) is 30.0. The van der Waals surface area contributed by atoms with Gasteiger partial charge in [0.1, 0.15) is 5.75 Å². The Morgan fingerprint density at radius 2 is 2.00 bits per heavy atom. The average Bonchev–Trinajstić information content (AvgIpc) is 2.68. The number of fused-ring (bicyclic) bond motifs is 2. The summed E-state index contributed by atoms with van der Waals surface area (Å²) in [5, 5.41) is 0. The molecule has 0 N–H and O–H groups in total. The molecule has 0 amide bonds. The number of ether oxygens (including phenoxy) is 2. The van der Waals surface area contributed by atoms with Crippen LogP contribution in [0.4, 0.5) is 0 Å². The molecule has 14 heavy (non-hydrogen) atoms. The molecule has 2 nitrogen and oxygen atoms in total. The lowest BCUT2D eigenvalue weighted by Gasteiger charge is -2.34. The first-order valence-corrected chi connectivity index (χ1v) is 5.27. The highest BCUT2D eigenvalue weighted by atomic mass is 16.5. The minimum absolute atomic E-state index is 0.0190. The Labute approximate surface area is 83.8 Å². The van der Waals surface area contributed by atoms with Crippen molar-refractivity contribution in [2.45, 2.75) is 24.9 Å². The third-order valence-electron chi connectivity index (χ3n) is 3.24. The first kappa shape index (κ1) is 8.30. The predicted octanol–water partition coefficient (Wildman–Crippen LogP) is 2.47. The minimum atomic E-state index is -0.0190. The Kier molecular flexibility index (Phi) is 1.77. The van der Waals surface area contributed by atoms with Crippen molar-refractivity contribution in [2.75, 3.05) is 13.2 Å². The molecule has 0 aromatic heterocycles. The quantitative estimate of drug-likeness (QED) is 0.625. The predicted molar refractivity (Wildman–Crippen MR) is 53.4 cm³/mol. The number of benzene rings is 1. The van der Waals surface area contributed by atoms with Crippen LogP contribution in [0, 0.1) is 0 Å². The molecule has 0 aliphatic carbocycles. The third kappa shape index (κ3) is 1.07. The topological polar surface area (TPSA) is 18.5 Å². The van der Waals surface area contributed by atoms with Crippen LogP contribution in [0.25, 0.3) is 0 Å². The molecule has 1 saturated heterocycles. The molecule has 1 atom stereocenters. The maximum atomic E-state index is 5.93. The molecule has 1 fully saturated rings. The number of hydrogen-bond acceptors (Lipinski definition) is 2. The van der Waals surface area contributed by atoms with Crippen LogP contribution in [0.1, 0.15) is 24.8 Å². The Morgan fingerprint density at radius 1 is 1.07 bits per heavy atom. The van der Waals surface area contributed by atoms with Crippen molar-refractivity contribution in [3.63, 3.8) is 0 Å². The molecule has 0 saturated carbocycles. The molecule has 0 bridgehead atoms. The Morgan fingerprint density at radius 3 is 2.86 bits per heavy atom. The van der Waals surface area contributed by atoms with E-state index in [0.29, 0.717) is 0 Å². The molecular weight excluding hydrogens is 176 g/mol. The molecule has 2 heteroatoms. The maximum absolute atomic E-state index is 5.93. The van der Waals surface area contributed by atoms with Gasteiger partial charge < -0.3 is 9.47 Å². The van der Waals surface area contributed by atoms with Gasteiger partial charge in [-0.05, 0) is 18.9 Å². The first-order chi connectivity index (χ1) is 6.91. The van der Waals surface area contributed by atoms with Crippen molar-refractivity contribution in [1.29, 1.82) is 0 Å². The monoisotopic (exact) mass is 190 g/mol. The number of hydrogen-bond donors (Lipinski definition) is 0. The SMILES string of the molecule is c1ccc2c(c1)OCCC21CCCO1. The lowest BCUT2D eigenvalue weighted by Crippen LogP contribution is -2.31. The molecule has 74 valence electrons. The van der Waals surface area contributed by atoms with E-state index >= 15 is 0 Å². The molecule has 3 rings (SSSR count). The van der Waals surface area contributed by atoms with Crippen LogP contribution in [-0.4, -0.2) is 13.2 Å². The van der Waals surface area contributed by atoms with Crippen molar-refractivity contribution in [3.8, 4) is 5.75 Å². The summed E-state index contributed by atoms with van der Waals surface area (Å²) in [6.45, 7) is 1.69. The van der Waals surface area contributed by atoms with Gasteiger partial charge in [-0.1, -0.05) is 18.2 Å². The second-order valence-corrected chi connectivity index (χ2v) is 4.04. The summed E-state index contributed by atoms with van der Waals surface area (Å²) in [5.74, 6) is 1.01. The molecule has 1 aromatic carbocycles. The van der Waals surface area contributed by atoms with Crippen molar-refractivity contribution >= 4 is 0 Å². The Hall–Kier alpha value is -1.02. The second-order valence-electron chi connectivity index (χ2n) is 4.04. The van der Waals surface area contributed by atoms with E-state index in [-0.39, 0.29) is 5.60 Å². The van der Waals surface area contributed by atoms with Crippen LogP contribution in [-0.2, 0) is 10.3 Å². The molecular formula is C12H14O2. The Bertz CT molecular complexity index is 340. The molecule has 1 spiro atoms. The lowest BCUT2D eigenvalue weighted by molar-refractivity contribution is -0.0300. The summed E-state index contributed by atoms with van der Waals surface area (Å²) in [5.41, 5.74) is 1.23. The summed E-state index contributed by atoms with van der Waals surface area (Å²) in [4.78, 5) is 0. The second kappa shape index (κ2) is 2.99. The van der Waals surface area contributed by atoms with Gasteiger partial charge >= 0.3 is 0 Å². The fourth-order valence-corrected chi connectivity index (χ4v) is 2.54. The van der Waals surface area contributed by atoms with Crippen molar-refractivity contribution in [2.24, 2.45) is 0 Å². The van der Waals surface area contributed by atoms with E-state index in [1.807, 2.05) is 12.1 Å². The first-order valence-electron chi connectivity index (χ1n) is 5.27. The van der Waals surface area contributed by atoms with Crippen LogP contribution in [0.3, 0.4) is 0 Å². The van der Waals surface area contributed by atoms with Crippen LogP contribution in [0.5, 0.6) is 5.75 Å². The van der Waals surface area contributed by atoms with Crippen molar-refractivity contribution in [1.82, 2.24) is 0 Å². The minimum Gasteiger partial charge on any atom is -0.493 e. The van der Waals surface area contributed by atoms with Gasteiger partial charge in [-0.3, -0.25) is 0 Å². The van der Waals surface area contributed by atoms with Gasteiger partial charge in [0, 0.05) is 18.6 Å². The van der Waals surface area contributed by atoms with Gasteiger partial charge in [-0.25, -0.2) is 0 Å². The van der Waals surface area contributed by atoms with E-state index in [2.05, 4.69) is 12.1 Å². The zero-order chi connectivity index (χ0) is 9.43. The Balaban J connectivity index is 2.10. The van der Waals surface area contributed by atoms with E-state index in [9.17, 15) is 0 Å². The smallest absolute Gasteiger partial charge is 0.125 e. The summed E-state index contributed by atoms with van der Waals surface area (Å²) in [6, 6.07) is 8.27. The van der Waals surface area contributed by atoms with Gasteiger partial charge in [-0.2, -0.15) is 0 Å². The van der Waals surface area contributed by atoms with E-state index in [4.69, 9.17) is 9.47 Å². The van der Waals surface area contributed by atoms with E-state index < -0.39 is 0 Å². The van der Waals surface area contributed by atoms with Gasteiger partial charge in [0.05, 0.1) is 12.2 Å². The van der Waals surface area contributed by atoms with Gasteiger partial charge in [-0.15, -0.1) is 0 Å². The van der Waals surface area contributed by atoms with E-state index in [1.54, 1.807) is 0 Å². The zero-order valence-corrected chi connectivity index (χ0v) is 8.16.